The zero-order valence-corrected chi connectivity index (χ0v) is 12.4. The summed E-state index contributed by atoms with van der Waals surface area (Å²) in [6, 6.07) is 0.224. The standard InChI is InChI=1S/C16H27NO3/c18-15(10-14-12-19-9-7-17-14)13-4-8-20-16(11-13)5-2-1-3-6-16/h13-14,17H,1-12H2. The lowest BCUT2D eigenvalue weighted by atomic mass is 9.74. The smallest absolute Gasteiger partial charge is 0.137 e. The van der Waals surface area contributed by atoms with Crippen LogP contribution >= 0.6 is 0 Å². The molecule has 0 radical (unpaired) electrons. The van der Waals surface area contributed by atoms with Crippen LogP contribution in [0.5, 0.6) is 0 Å². The van der Waals surface area contributed by atoms with E-state index in [0.29, 0.717) is 18.8 Å². The highest BCUT2D eigenvalue weighted by atomic mass is 16.5. The van der Waals surface area contributed by atoms with E-state index in [0.717, 1.165) is 45.4 Å². The van der Waals surface area contributed by atoms with E-state index in [1.54, 1.807) is 0 Å². The average Bonchev–Trinajstić information content (AvgIpc) is 2.49. The van der Waals surface area contributed by atoms with Crippen LogP contribution in [0.25, 0.3) is 0 Å². The lowest BCUT2D eigenvalue weighted by Gasteiger charge is -2.43. The predicted molar refractivity (Wildman–Crippen MR) is 76.7 cm³/mol. The Balaban J connectivity index is 1.54. The highest BCUT2D eigenvalue weighted by Crippen LogP contribution is 2.41. The largest absolute Gasteiger partial charge is 0.379 e. The maximum Gasteiger partial charge on any atom is 0.137 e. The number of rotatable bonds is 3. The molecule has 3 rings (SSSR count). The second-order valence-corrected chi connectivity index (χ2v) is 6.68. The van der Waals surface area contributed by atoms with Gasteiger partial charge < -0.3 is 14.8 Å². The molecule has 3 fully saturated rings. The van der Waals surface area contributed by atoms with Crippen LogP contribution < -0.4 is 5.32 Å². The molecule has 114 valence electrons. The summed E-state index contributed by atoms with van der Waals surface area (Å²) in [5.41, 5.74) is 0.0350. The molecule has 0 aromatic rings. The molecule has 4 heteroatoms. The van der Waals surface area contributed by atoms with Gasteiger partial charge in [-0.2, -0.15) is 0 Å². The van der Waals surface area contributed by atoms with Gasteiger partial charge in [0.15, 0.2) is 0 Å². The third kappa shape index (κ3) is 3.41. The van der Waals surface area contributed by atoms with Gasteiger partial charge in [-0.3, -0.25) is 4.79 Å². The molecule has 2 unspecified atom stereocenters. The summed E-state index contributed by atoms with van der Waals surface area (Å²) in [6.45, 7) is 3.09. The molecule has 1 N–H and O–H groups in total. The van der Waals surface area contributed by atoms with Gasteiger partial charge in [0.05, 0.1) is 18.8 Å². The quantitative estimate of drug-likeness (QED) is 0.860. The number of carbonyl (C=O) groups is 1. The molecule has 3 aliphatic rings. The van der Waals surface area contributed by atoms with Gasteiger partial charge in [0.1, 0.15) is 5.78 Å². The minimum atomic E-state index is 0.0350. The molecule has 0 amide bonds. The Kier molecular flexibility index (Phi) is 4.74. The third-order valence-corrected chi connectivity index (χ3v) is 5.16. The molecule has 2 atom stereocenters. The Hall–Kier alpha value is -0.450. The average molecular weight is 281 g/mol. The van der Waals surface area contributed by atoms with E-state index in [1.165, 1.54) is 19.3 Å². The zero-order valence-electron chi connectivity index (χ0n) is 12.4. The lowest BCUT2D eigenvalue weighted by Crippen LogP contribution is -2.46. The third-order valence-electron chi connectivity index (χ3n) is 5.16. The van der Waals surface area contributed by atoms with Crippen LogP contribution in [0.15, 0.2) is 0 Å². The van der Waals surface area contributed by atoms with E-state index in [4.69, 9.17) is 9.47 Å². The first-order valence-corrected chi connectivity index (χ1v) is 8.25. The number of Topliss-reactive ketones (excluding diaryl/α,β-unsaturated/α-hetero) is 1. The van der Waals surface area contributed by atoms with Gasteiger partial charge >= 0.3 is 0 Å². The van der Waals surface area contributed by atoms with E-state index in [9.17, 15) is 4.79 Å². The number of hydrogen-bond donors (Lipinski definition) is 1. The SMILES string of the molecule is O=C(CC1COCCN1)C1CCOC2(CCCCC2)C1. The Bertz CT molecular complexity index is 327. The van der Waals surface area contributed by atoms with Gasteiger partial charge in [-0.05, 0) is 25.7 Å². The minimum Gasteiger partial charge on any atom is -0.379 e. The van der Waals surface area contributed by atoms with Gasteiger partial charge in [-0.25, -0.2) is 0 Å². The number of nitrogens with one attached hydrogen (secondary N) is 1. The van der Waals surface area contributed by atoms with Crippen LogP contribution in [0.2, 0.25) is 0 Å². The zero-order chi connectivity index (χ0) is 13.8. The second-order valence-electron chi connectivity index (χ2n) is 6.68. The normalized spacial score (nSPS) is 34.0. The first-order chi connectivity index (χ1) is 9.77. The van der Waals surface area contributed by atoms with Crippen molar-refractivity contribution in [2.75, 3.05) is 26.4 Å². The first kappa shape index (κ1) is 14.5. The molecule has 1 aliphatic carbocycles. The lowest BCUT2D eigenvalue weighted by molar-refractivity contribution is -0.143. The number of ketones is 1. The van der Waals surface area contributed by atoms with Crippen molar-refractivity contribution in [2.45, 2.75) is 63.0 Å². The van der Waals surface area contributed by atoms with E-state index >= 15 is 0 Å². The summed E-state index contributed by atoms with van der Waals surface area (Å²) in [7, 11) is 0. The van der Waals surface area contributed by atoms with Gasteiger partial charge in [0.25, 0.3) is 0 Å². The molecular formula is C16H27NO3. The van der Waals surface area contributed by atoms with E-state index < -0.39 is 0 Å². The van der Waals surface area contributed by atoms with Crippen molar-refractivity contribution in [3.8, 4) is 0 Å². The maximum atomic E-state index is 12.5. The molecule has 0 aromatic heterocycles. The summed E-state index contributed by atoms with van der Waals surface area (Å²) in [5, 5.41) is 3.38. The summed E-state index contributed by atoms with van der Waals surface area (Å²) < 4.78 is 11.5. The molecule has 2 aliphatic heterocycles. The molecule has 2 heterocycles. The molecule has 1 saturated carbocycles. The molecule has 20 heavy (non-hydrogen) atoms. The Labute approximate surface area is 121 Å². The highest BCUT2D eigenvalue weighted by molar-refractivity contribution is 5.81. The Morgan fingerprint density at radius 2 is 2.05 bits per heavy atom. The number of ether oxygens (including phenoxy) is 2. The summed E-state index contributed by atoms with van der Waals surface area (Å²) in [5.74, 6) is 0.631. The van der Waals surface area contributed by atoms with Gasteiger partial charge in [-0.15, -0.1) is 0 Å². The number of morpholine rings is 1. The van der Waals surface area contributed by atoms with Crippen molar-refractivity contribution >= 4 is 5.78 Å². The predicted octanol–water partition coefficient (Wildman–Crippen LogP) is 2.06. The summed E-state index contributed by atoms with van der Waals surface area (Å²) in [4.78, 5) is 12.5. The van der Waals surface area contributed by atoms with Crippen molar-refractivity contribution in [1.82, 2.24) is 5.32 Å². The van der Waals surface area contributed by atoms with Crippen molar-refractivity contribution in [2.24, 2.45) is 5.92 Å². The minimum absolute atomic E-state index is 0.0350. The number of carbonyl (C=O) groups excluding carboxylic acids is 1. The second kappa shape index (κ2) is 6.54. The number of hydrogen-bond acceptors (Lipinski definition) is 4. The fourth-order valence-corrected chi connectivity index (χ4v) is 4.01. The molecular weight excluding hydrogens is 254 g/mol. The van der Waals surface area contributed by atoms with E-state index in [-0.39, 0.29) is 17.6 Å². The van der Waals surface area contributed by atoms with Crippen molar-refractivity contribution in [1.29, 1.82) is 0 Å². The molecule has 1 spiro atoms. The van der Waals surface area contributed by atoms with Crippen LogP contribution in [-0.2, 0) is 14.3 Å². The topological polar surface area (TPSA) is 47.6 Å². The van der Waals surface area contributed by atoms with E-state index in [1.807, 2.05) is 0 Å². The Morgan fingerprint density at radius 1 is 1.20 bits per heavy atom. The van der Waals surface area contributed by atoms with Crippen LogP contribution in [0.3, 0.4) is 0 Å². The highest BCUT2D eigenvalue weighted by Gasteiger charge is 2.40. The van der Waals surface area contributed by atoms with Crippen molar-refractivity contribution in [3.63, 3.8) is 0 Å². The van der Waals surface area contributed by atoms with Crippen LogP contribution in [0, 0.1) is 5.92 Å². The maximum absolute atomic E-state index is 12.5. The van der Waals surface area contributed by atoms with Gasteiger partial charge in [0, 0.05) is 31.5 Å². The monoisotopic (exact) mass is 281 g/mol. The summed E-state index contributed by atoms with van der Waals surface area (Å²) in [6.07, 6.45) is 8.66. The summed E-state index contributed by atoms with van der Waals surface area (Å²) >= 11 is 0. The van der Waals surface area contributed by atoms with Crippen molar-refractivity contribution in [3.05, 3.63) is 0 Å². The van der Waals surface area contributed by atoms with Gasteiger partial charge in [-0.1, -0.05) is 19.3 Å². The molecule has 4 nitrogen and oxygen atoms in total. The van der Waals surface area contributed by atoms with Crippen molar-refractivity contribution < 1.29 is 14.3 Å². The first-order valence-electron chi connectivity index (χ1n) is 8.25. The van der Waals surface area contributed by atoms with Crippen LogP contribution in [-0.4, -0.2) is 43.8 Å². The molecule has 2 saturated heterocycles. The van der Waals surface area contributed by atoms with E-state index in [2.05, 4.69) is 5.32 Å². The fraction of sp³-hybridized carbons (Fsp3) is 0.938. The van der Waals surface area contributed by atoms with Gasteiger partial charge in [0.2, 0.25) is 0 Å². The molecule has 0 aromatic carbocycles. The Morgan fingerprint density at radius 3 is 2.80 bits per heavy atom. The fourth-order valence-electron chi connectivity index (χ4n) is 4.01. The van der Waals surface area contributed by atoms with Crippen LogP contribution in [0.4, 0.5) is 0 Å². The molecule has 0 bridgehead atoms. The van der Waals surface area contributed by atoms with Crippen LogP contribution in [0.1, 0.15) is 51.4 Å².